The van der Waals surface area contributed by atoms with Crippen LogP contribution in [-0.4, -0.2) is 49.6 Å². The molecule has 6 atom stereocenters. The lowest BCUT2D eigenvalue weighted by Gasteiger charge is -2.52. The summed E-state index contributed by atoms with van der Waals surface area (Å²) in [4.78, 5) is 22.5. The molecule has 0 spiro atoms. The van der Waals surface area contributed by atoms with Crippen LogP contribution < -0.4 is 0 Å². The number of rotatable bonds is 5. The fourth-order valence-corrected chi connectivity index (χ4v) is 4.99. The minimum Gasteiger partial charge on any atom is -0.463 e. The molecule has 2 fully saturated rings. The molecule has 6 unspecified atom stereocenters. The Bertz CT molecular complexity index is 587. The smallest absolute Gasteiger partial charge is 0.302 e. The van der Waals surface area contributed by atoms with Gasteiger partial charge in [-0.05, 0) is 42.4 Å². The Morgan fingerprint density at radius 3 is 1.73 bits per heavy atom. The number of esters is 2. The third-order valence-corrected chi connectivity index (χ3v) is 6.43. The standard InChI is InChI=1S/C24H42O6/c1-15(25)27-13-17-10-12-20(23(3,4)5)21(29-17)19-11-9-18(14-28-16(2)26)30-22(19)24(6,7)8/h17-22H,9-14H2,1-8H3. The second-order valence-corrected chi connectivity index (χ2v) is 11.2. The second-order valence-electron chi connectivity index (χ2n) is 11.2. The highest BCUT2D eigenvalue weighted by Gasteiger charge is 2.49. The van der Waals surface area contributed by atoms with Gasteiger partial charge in [-0.2, -0.15) is 0 Å². The van der Waals surface area contributed by atoms with Gasteiger partial charge in [-0.25, -0.2) is 0 Å². The van der Waals surface area contributed by atoms with Crippen LogP contribution in [0.5, 0.6) is 0 Å². The van der Waals surface area contributed by atoms with Gasteiger partial charge in [-0.15, -0.1) is 0 Å². The largest absolute Gasteiger partial charge is 0.463 e. The van der Waals surface area contributed by atoms with Crippen molar-refractivity contribution in [3.63, 3.8) is 0 Å². The third-order valence-electron chi connectivity index (χ3n) is 6.43. The lowest BCUT2D eigenvalue weighted by Crippen LogP contribution is -2.55. The molecule has 6 heteroatoms. The monoisotopic (exact) mass is 426 g/mol. The van der Waals surface area contributed by atoms with Gasteiger partial charge in [0.15, 0.2) is 0 Å². The molecule has 0 saturated carbocycles. The van der Waals surface area contributed by atoms with Gasteiger partial charge in [0.2, 0.25) is 0 Å². The van der Waals surface area contributed by atoms with E-state index in [1.54, 1.807) is 0 Å². The van der Waals surface area contributed by atoms with Gasteiger partial charge in [-0.1, -0.05) is 41.5 Å². The van der Waals surface area contributed by atoms with E-state index < -0.39 is 0 Å². The molecule has 0 aliphatic carbocycles. The first kappa shape index (κ1) is 25.1. The predicted octanol–water partition coefficient (Wildman–Crippen LogP) is 4.53. The Hall–Kier alpha value is -1.14. The molecule has 0 aromatic rings. The summed E-state index contributed by atoms with van der Waals surface area (Å²) >= 11 is 0. The van der Waals surface area contributed by atoms with E-state index in [1.807, 2.05) is 0 Å². The van der Waals surface area contributed by atoms with Gasteiger partial charge in [0.05, 0.1) is 24.4 Å². The second kappa shape index (κ2) is 9.99. The van der Waals surface area contributed by atoms with Crippen molar-refractivity contribution >= 4 is 11.9 Å². The average molecular weight is 427 g/mol. The maximum Gasteiger partial charge on any atom is 0.302 e. The molecular weight excluding hydrogens is 384 g/mol. The normalized spacial score (nSPS) is 33.1. The van der Waals surface area contributed by atoms with Crippen molar-refractivity contribution in [3.8, 4) is 0 Å². The zero-order chi connectivity index (χ0) is 22.7. The summed E-state index contributed by atoms with van der Waals surface area (Å²) in [5.74, 6) is 0.0946. The molecule has 0 N–H and O–H groups in total. The molecule has 174 valence electrons. The SMILES string of the molecule is CC(=O)OCC1CCC(C(C)(C)C)C(C2CCC(COC(C)=O)OC2C(C)(C)C)O1. The number of hydrogen-bond donors (Lipinski definition) is 0. The summed E-state index contributed by atoms with van der Waals surface area (Å²) in [5.41, 5.74) is 0.0300. The Kier molecular flexibility index (Phi) is 8.36. The fourth-order valence-electron chi connectivity index (χ4n) is 4.99. The van der Waals surface area contributed by atoms with Gasteiger partial charge in [0, 0.05) is 19.8 Å². The summed E-state index contributed by atoms with van der Waals surface area (Å²) in [6.45, 7) is 16.9. The molecule has 6 nitrogen and oxygen atoms in total. The van der Waals surface area contributed by atoms with Gasteiger partial charge in [-0.3, -0.25) is 9.59 Å². The molecule has 0 aromatic heterocycles. The van der Waals surface area contributed by atoms with Crippen molar-refractivity contribution in [2.75, 3.05) is 13.2 Å². The number of carbonyl (C=O) groups excluding carboxylic acids is 2. The van der Waals surface area contributed by atoms with E-state index in [0.717, 1.165) is 25.7 Å². The molecule has 0 bridgehead atoms. The van der Waals surface area contributed by atoms with E-state index in [9.17, 15) is 9.59 Å². The van der Waals surface area contributed by atoms with Crippen LogP contribution in [0.1, 0.15) is 81.1 Å². The first-order chi connectivity index (χ1) is 13.8. The van der Waals surface area contributed by atoms with Crippen molar-refractivity contribution in [1.29, 1.82) is 0 Å². The van der Waals surface area contributed by atoms with Gasteiger partial charge in [0.1, 0.15) is 13.2 Å². The van der Waals surface area contributed by atoms with Crippen LogP contribution in [0, 0.1) is 22.7 Å². The maximum atomic E-state index is 11.3. The predicted molar refractivity (Wildman–Crippen MR) is 115 cm³/mol. The molecule has 30 heavy (non-hydrogen) atoms. The van der Waals surface area contributed by atoms with E-state index in [1.165, 1.54) is 13.8 Å². The minimum absolute atomic E-state index is 0.00543. The Balaban J connectivity index is 2.22. The summed E-state index contributed by atoms with van der Waals surface area (Å²) < 4.78 is 23.6. The molecule has 2 saturated heterocycles. The summed E-state index contributed by atoms with van der Waals surface area (Å²) in [5, 5.41) is 0. The van der Waals surface area contributed by atoms with E-state index in [4.69, 9.17) is 18.9 Å². The van der Waals surface area contributed by atoms with Crippen molar-refractivity contribution < 1.29 is 28.5 Å². The molecule has 0 amide bonds. The fraction of sp³-hybridized carbons (Fsp3) is 0.917. The quantitative estimate of drug-likeness (QED) is 0.602. The van der Waals surface area contributed by atoms with Gasteiger partial charge in [0.25, 0.3) is 0 Å². The number of hydrogen-bond acceptors (Lipinski definition) is 6. The Labute approximate surface area is 182 Å². The Morgan fingerprint density at radius 1 is 0.767 bits per heavy atom. The van der Waals surface area contributed by atoms with Crippen molar-refractivity contribution in [3.05, 3.63) is 0 Å². The van der Waals surface area contributed by atoms with E-state index in [-0.39, 0.29) is 53.1 Å². The molecule has 2 heterocycles. The first-order valence-electron chi connectivity index (χ1n) is 11.4. The van der Waals surface area contributed by atoms with Crippen molar-refractivity contribution in [1.82, 2.24) is 0 Å². The summed E-state index contributed by atoms with van der Waals surface area (Å²) in [6, 6.07) is 0. The van der Waals surface area contributed by atoms with E-state index in [0.29, 0.717) is 19.1 Å². The zero-order valence-corrected chi connectivity index (χ0v) is 20.2. The highest BCUT2D eigenvalue weighted by Crippen LogP contribution is 2.47. The van der Waals surface area contributed by atoms with Crippen LogP contribution in [0.25, 0.3) is 0 Å². The van der Waals surface area contributed by atoms with Crippen molar-refractivity contribution in [2.24, 2.45) is 22.7 Å². The highest BCUT2D eigenvalue weighted by atomic mass is 16.6. The van der Waals surface area contributed by atoms with Crippen LogP contribution in [0.3, 0.4) is 0 Å². The molecule has 0 aromatic carbocycles. The van der Waals surface area contributed by atoms with Crippen LogP contribution in [0.15, 0.2) is 0 Å². The average Bonchev–Trinajstić information content (AvgIpc) is 2.62. The number of carbonyl (C=O) groups is 2. The topological polar surface area (TPSA) is 71.1 Å². The highest BCUT2D eigenvalue weighted by molar-refractivity contribution is 5.66. The minimum atomic E-state index is -0.273. The van der Waals surface area contributed by atoms with Crippen LogP contribution in [0.2, 0.25) is 0 Å². The molecule has 2 aliphatic rings. The van der Waals surface area contributed by atoms with Crippen LogP contribution in [-0.2, 0) is 28.5 Å². The molecule has 2 rings (SSSR count). The lowest BCUT2D eigenvalue weighted by atomic mass is 9.65. The summed E-state index contributed by atoms with van der Waals surface area (Å²) in [7, 11) is 0. The molecular formula is C24H42O6. The van der Waals surface area contributed by atoms with E-state index >= 15 is 0 Å². The molecule has 0 radical (unpaired) electrons. The molecule has 2 aliphatic heterocycles. The third kappa shape index (κ3) is 6.94. The number of ether oxygens (including phenoxy) is 4. The van der Waals surface area contributed by atoms with E-state index in [2.05, 4.69) is 41.5 Å². The first-order valence-corrected chi connectivity index (χ1v) is 11.4. The maximum absolute atomic E-state index is 11.3. The van der Waals surface area contributed by atoms with Crippen LogP contribution in [0.4, 0.5) is 0 Å². The zero-order valence-electron chi connectivity index (χ0n) is 20.2. The Morgan fingerprint density at radius 2 is 1.27 bits per heavy atom. The van der Waals surface area contributed by atoms with Gasteiger partial charge >= 0.3 is 11.9 Å². The van der Waals surface area contributed by atoms with Gasteiger partial charge < -0.3 is 18.9 Å². The van der Waals surface area contributed by atoms with Crippen LogP contribution >= 0.6 is 0 Å². The van der Waals surface area contributed by atoms with Crippen molar-refractivity contribution in [2.45, 2.75) is 105 Å². The summed E-state index contributed by atoms with van der Waals surface area (Å²) in [6.07, 6.45) is 3.63. The lowest BCUT2D eigenvalue weighted by molar-refractivity contribution is -0.218.